The molecule has 7 heteroatoms. The van der Waals surface area contributed by atoms with Crippen molar-refractivity contribution in [2.75, 3.05) is 11.4 Å². The van der Waals surface area contributed by atoms with E-state index in [1.165, 1.54) is 12.1 Å². The number of hydrogen-bond acceptors (Lipinski definition) is 5. The van der Waals surface area contributed by atoms with E-state index in [2.05, 4.69) is 15.0 Å². The zero-order valence-electron chi connectivity index (χ0n) is 13.8. The Morgan fingerprint density at radius 2 is 2.08 bits per heavy atom. The van der Waals surface area contributed by atoms with Gasteiger partial charge in [-0.25, -0.2) is 19.2 Å². The van der Waals surface area contributed by atoms with Gasteiger partial charge in [0.15, 0.2) is 5.82 Å². The van der Waals surface area contributed by atoms with E-state index in [4.69, 9.17) is 5.11 Å². The number of anilines is 1. The van der Waals surface area contributed by atoms with Crippen LogP contribution in [0.25, 0.3) is 11.5 Å². The predicted molar refractivity (Wildman–Crippen MR) is 93.4 cm³/mol. The molecule has 1 aromatic carbocycles. The second kappa shape index (κ2) is 6.51. The van der Waals surface area contributed by atoms with Gasteiger partial charge in [0.2, 0.25) is 0 Å². The van der Waals surface area contributed by atoms with Crippen LogP contribution < -0.4 is 4.90 Å². The lowest BCUT2D eigenvalue weighted by Gasteiger charge is -2.30. The summed E-state index contributed by atoms with van der Waals surface area (Å²) in [6, 6.07) is 9.78. The van der Waals surface area contributed by atoms with Crippen molar-refractivity contribution in [1.29, 1.82) is 0 Å². The number of aromatic carboxylic acids is 1. The fraction of sp³-hybridized carbons (Fsp3) is 0.158. The Bertz CT molecular complexity index is 979. The minimum Gasteiger partial charge on any atom is -0.478 e. The van der Waals surface area contributed by atoms with Crippen LogP contribution in [0.1, 0.15) is 21.6 Å². The van der Waals surface area contributed by atoms with Crippen molar-refractivity contribution in [3.8, 4) is 11.5 Å². The zero-order chi connectivity index (χ0) is 18.1. The van der Waals surface area contributed by atoms with Crippen LogP contribution in [0.2, 0.25) is 0 Å². The number of carboxylic acid groups (broad SMARTS) is 1. The van der Waals surface area contributed by atoms with Crippen LogP contribution in [0.3, 0.4) is 0 Å². The minimum absolute atomic E-state index is 0.325. The number of pyridine rings is 1. The number of nitrogens with zero attached hydrogens (tertiary/aromatic N) is 4. The summed E-state index contributed by atoms with van der Waals surface area (Å²) in [6.45, 7) is 1.21. The van der Waals surface area contributed by atoms with Gasteiger partial charge in [0.05, 0.1) is 11.3 Å². The second-order valence-corrected chi connectivity index (χ2v) is 6.02. The normalized spacial score (nSPS) is 13.3. The van der Waals surface area contributed by atoms with E-state index in [0.717, 1.165) is 17.0 Å². The van der Waals surface area contributed by atoms with E-state index in [1.807, 2.05) is 23.1 Å². The maximum absolute atomic E-state index is 14.0. The topological polar surface area (TPSA) is 79.2 Å². The summed E-state index contributed by atoms with van der Waals surface area (Å²) < 4.78 is 14.0. The average Bonchev–Trinajstić information content (AvgIpc) is 2.67. The molecule has 2 aromatic heterocycles. The number of hydrogen-bond donors (Lipinski definition) is 1. The molecule has 1 N–H and O–H groups in total. The lowest BCUT2D eigenvalue weighted by molar-refractivity contribution is 0.0692. The Morgan fingerprint density at radius 1 is 1.19 bits per heavy atom. The first-order valence-corrected chi connectivity index (χ1v) is 8.16. The van der Waals surface area contributed by atoms with Gasteiger partial charge in [-0.2, -0.15) is 0 Å². The summed E-state index contributed by atoms with van der Waals surface area (Å²) in [7, 11) is 0. The van der Waals surface area contributed by atoms with Crippen LogP contribution in [0.5, 0.6) is 0 Å². The van der Waals surface area contributed by atoms with Crippen LogP contribution in [-0.2, 0) is 13.0 Å². The molecular weight excluding hydrogens is 335 g/mol. The SMILES string of the molecule is O=C(O)c1ccc(N2CCc3nc(-c4ccccn4)ncc3C2)cc1F. The van der Waals surface area contributed by atoms with Crippen LogP contribution in [0.4, 0.5) is 10.1 Å². The Labute approximate surface area is 149 Å². The highest BCUT2D eigenvalue weighted by Gasteiger charge is 2.21. The summed E-state index contributed by atoms with van der Waals surface area (Å²) in [5.41, 5.74) is 2.98. The molecule has 4 rings (SSSR count). The zero-order valence-corrected chi connectivity index (χ0v) is 13.8. The molecule has 0 amide bonds. The molecule has 0 radical (unpaired) electrons. The third kappa shape index (κ3) is 2.99. The summed E-state index contributed by atoms with van der Waals surface area (Å²) in [5, 5.41) is 8.94. The van der Waals surface area contributed by atoms with Crippen molar-refractivity contribution in [1.82, 2.24) is 15.0 Å². The lowest BCUT2D eigenvalue weighted by atomic mass is 10.1. The Kier molecular flexibility index (Phi) is 4.04. The largest absolute Gasteiger partial charge is 0.478 e. The molecule has 26 heavy (non-hydrogen) atoms. The van der Waals surface area contributed by atoms with Crippen LogP contribution in [0, 0.1) is 5.82 Å². The summed E-state index contributed by atoms with van der Waals surface area (Å²) in [4.78, 5) is 26.2. The first kappa shape index (κ1) is 16.1. The molecule has 0 bridgehead atoms. The molecule has 0 aliphatic carbocycles. The molecule has 0 unspecified atom stereocenters. The van der Waals surface area contributed by atoms with E-state index in [1.54, 1.807) is 18.5 Å². The molecule has 0 fully saturated rings. The maximum atomic E-state index is 14.0. The molecule has 1 aliphatic heterocycles. The van der Waals surface area contributed by atoms with Gasteiger partial charge >= 0.3 is 5.97 Å². The molecule has 0 saturated carbocycles. The summed E-state index contributed by atoms with van der Waals surface area (Å²) in [6.07, 6.45) is 4.18. The highest BCUT2D eigenvalue weighted by atomic mass is 19.1. The van der Waals surface area contributed by atoms with Gasteiger partial charge in [-0.05, 0) is 30.3 Å². The Morgan fingerprint density at radius 3 is 2.81 bits per heavy atom. The van der Waals surface area contributed by atoms with E-state index < -0.39 is 11.8 Å². The van der Waals surface area contributed by atoms with Crippen LogP contribution in [-0.4, -0.2) is 32.6 Å². The summed E-state index contributed by atoms with van der Waals surface area (Å²) in [5.74, 6) is -1.41. The van der Waals surface area contributed by atoms with Crippen molar-refractivity contribution < 1.29 is 14.3 Å². The molecule has 3 aromatic rings. The number of carboxylic acids is 1. The Balaban J connectivity index is 1.59. The van der Waals surface area contributed by atoms with Crippen LogP contribution in [0.15, 0.2) is 48.8 Å². The Hall–Kier alpha value is -3.35. The third-order valence-corrected chi connectivity index (χ3v) is 4.38. The molecule has 130 valence electrons. The lowest BCUT2D eigenvalue weighted by Crippen LogP contribution is -2.31. The molecule has 3 heterocycles. The van der Waals surface area contributed by atoms with Crippen molar-refractivity contribution in [3.63, 3.8) is 0 Å². The second-order valence-electron chi connectivity index (χ2n) is 6.02. The highest BCUT2D eigenvalue weighted by molar-refractivity contribution is 5.88. The van der Waals surface area contributed by atoms with Crippen molar-refractivity contribution in [3.05, 3.63) is 71.4 Å². The number of rotatable bonds is 3. The van der Waals surface area contributed by atoms with E-state index >= 15 is 0 Å². The van der Waals surface area contributed by atoms with Gasteiger partial charge < -0.3 is 10.0 Å². The highest BCUT2D eigenvalue weighted by Crippen LogP contribution is 2.26. The number of fused-ring (bicyclic) bond motifs is 1. The fourth-order valence-electron chi connectivity index (χ4n) is 3.03. The van der Waals surface area contributed by atoms with Gasteiger partial charge in [0.1, 0.15) is 11.5 Å². The quantitative estimate of drug-likeness (QED) is 0.782. The number of carbonyl (C=O) groups is 1. The average molecular weight is 350 g/mol. The van der Waals surface area contributed by atoms with E-state index in [9.17, 15) is 9.18 Å². The minimum atomic E-state index is -1.27. The monoisotopic (exact) mass is 350 g/mol. The molecule has 0 saturated heterocycles. The van der Waals surface area contributed by atoms with Gasteiger partial charge in [-0.15, -0.1) is 0 Å². The van der Waals surface area contributed by atoms with Crippen molar-refractivity contribution in [2.45, 2.75) is 13.0 Å². The number of aromatic nitrogens is 3. The first-order valence-electron chi connectivity index (χ1n) is 8.16. The molecular formula is C19H15FN4O2. The van der Waals surface area contributed by atoms with Gasteiger partial charge in [0.25, 0.3) is 0 Å². The van der Waals surface area contributed by atoms with Crippen LogP contribution >= 0.6 is 0 Å². The summed E-state index contributed by atoms with van der Waals surface area (Å²) >= 11 is 0. The molecule has 0 atom stereocenters. The fourth-order valence-corrected chi connectivity index (χ4v) is 3.03. The number of halogens is 1. The third-order valence-electron chi connectivity index (χ3n) is 4.38. The van der Waals surface area contributed by atoms with Gasteiger partial charge in [0, 0.05) is 43.2 Å². The predicted octanol–water partition coefficient (Wildman–Crippen LogP) is 2.94. The standard InChI is InChI=1S/C19H15FN4O2/c20-15-9-13(4-5-14(15)19(25)26)24-8-6-16-12(11-24)10-22-18(23-16)17-3-1-2-7-21-17/h1-5,7,9-10H,6,8,11H2,(H,25,26). The van der Waals surface area contributed by atoms with Gasteiger partial charge in [-0.3, -0.25) is 4.98 Å². The molecule has 0 spiro atoms. The van der Waals surface area contributed by atoms with Gasteiger partial charge in [-0.1, -0.05) is 6.07 Å². The molecule has 1 aliphatic rings. The first-order chi connectivity index (χ1) is 12.6. The smallest absolute Gasteiger partial charge is 0.338 e. The maximum Gasteiger partial charge on any atom is 0.338 e. The van der Waals surface area contributed by atoms with E-state index in [-0.39, 0.29) is 5.56 Å². The van der Waals surface area contributed by atoms with Crippen molar-refractivity contribution >= 4 is 11.7 Å². The molecule has 6 nitrogen and oxygen atoms in total. The van der Waals surface area contributed by atoms with E-state index in [0.29, 0.717) is 31.0 Å². The van der Waals surface area contributed by atoms with Crippen molar-refractivity contribution in [2.24, 2.45) is 0 Å². The number of benzene rings is 1.